The highest BCUT2D eigenvalue weighted by Crippen LogP contribution is 2.17. The van der Waals surface area contributed by atoms with Gasteiger partial charge in [-0.25, -0.2) is 0 Å². The van der Waals surface area contributed by atoms with Crippen LogP contribution in [0.5, 0.6) is 5.75 Å². The van der Waals surface area contributed by atoms with Crippen LogP contribution in [0.4, 0.5) is 11.4 Å². The summed E-state index contributed by atoms with van der Waals surface area (Å²) in [4.78, 5) is 12.1. The lowest BCUT2D eigenvalue weighted by Gasteiger charge is -2.12. The fraction of sp³-hybridized carbons (Fsp3) is 0.235. The Hall–Kier alpha value is -2.49. The summed E-state index contributed by atoms with van der Waals surface area (Å²) in [6, 6.07) is 14.2. The van der Waals surface area contributed by atoms with E-state index in [9.17, 15) is 4.79 Å². The molecule has 4 nitrogen and oxygen atoms in total. The second-order valence-corrected chi connectivity index (χ2v) is 4.94. The van der Waals surface area contributed by atoms with Gasteiger partial charge in [0.05, 0.1) is 6.10 Å². The lowest BCUT2D eigenvalue weighted by molar-refractivity contribution is 0.102. The zero-order valence-electron chi connectivity index (χ0n) is 12.3. The van der Waals surface area contributed by atoms with Gasteiger partial charge in [0.25, 0.3) is 5.91 Å². The third-order valence-electron chi connectivity index (χ3n) is 3.17. The predicted molar refractivity (Wildman–Crippen MR) is 85.6 cm³/mol. The first-order valence-corrected chi connectivity index (χ1v) is 7.02. The molecule has 0 unspecified atom stereocenters. The summed E-state index contributed by atoms with van der Waals surface area (Å²) in [5.74, 6) is 0.598. The quantitative estimate of drug-likeness (QED) is 0.823. The number of hydrogen-bond acceptors (Lipinski definition) is 3. The van der Waals surface area contributed by atoms with Crippen molar-refractivity contribution in [1.29, 1.82) is 0 Å². The number of rotatable bonds is 5. The zero-order valence-corrected chi connectivity index (χ0v) is 12.3. The summed E-state index contributed by atoms with van der Waals surface area (Å²) < 4.78 is 5.68. The number of ether oxygens (including phenoxy) is 1. The summed E-state index contributed by atoms with van der Waals surface area (Å²) in [5.41, 5.74) is 7.56. The molecule has 1 atom stereocenters. The van der Waals surface area contributed by atoms with Crippen molar-refractivity contribution >= 4 is 17.3 Å². The Morgan fingerprint density at radius 2 is 1.95 bits per heavy atom. The number of hydrogen-bond donors (Lipinski definition) is 2. The van der Waals surface area contributed by atoms with Gasteiger partial charge in [0, 0.05) is 16.9 Å². The van der Waals surface area contributed by atoms with Crippen LogP contribution in [-0.2, 0) is 0 Å². The molecule has 0 heterocycles. The van der Waals surface area contributed by atoms with E-state index in [-0.39, 0.29) is 12.0 Å². The number of nitrogens with two attached hydrogens (primary N) is 1. The highest BCUT2D eigenvalue weighted by atomic mass is 16.5. The van der Waals surface area contributed by atoms with Crippen LogP contribution in [0, 0.1) is 0 Å². The van der Waals surface area contributed by atoms with Gasteiger partial charge in [-0.15, -0.1) is 0 Å². The smallest absolute Gasteiger partial charge is 0.255 e. The molecule has 0 saturated carbocycles. The van der Waals surface area contributed by atoms with E-state index in [1.54, 1.807) is 48.5 Å². The summed E-state index contributed by atoms with van der Waals surface area (Å²) in [6.07, 6.45) is 1.11. The van der Waals surface area contributed by atoms with Gasteiger partial charge in [0.2, 0.25) is 0 Å². The van der Waals surface area contributed by atoms with E-state index in [4.69, 9.17) is 10.5 Å². The normalized spacial score (nSPS) is 11.7. The van der Waals surface area contributed by atoms with Gasteiger partial charge in [-0.1, -0.05) is 13.0 Å². The van der Waals surface area contributed by atoms with Crippen LogP contribution in [0.2, 0.25) is 0 Å². The molecule has 2 aromatic rings. The molecular weight excluding hydrogens is 264 g/mol. The molecule has 0 aliphatic heterocycles. The van der Waals surface area contributed by atoms with Crippen LogP contribution in [-0.4, -0.2) is 12.0 Å². The van der Waals surface area contributed by atoms with Crippen molar-refractivity contribution in [2.75, 3.05) is 11.1 Å². The second kappa shape index (κ2) is 6.79. The van der Waals surface area contributed by atoms with Crippen molar-refractivity contribution in [3.8, 4) is 5.75 Å². The topological polar surface area (TPSA) is 64.3 Å². The number of carbonyl (C=O) groups excluding carboxylic acids is 1. The fourth-order valence-corrected chi connectivity index (χ4v) is 1.82. The minimum Gasteiger partial charge on any atom is -0.491 e. The van der Waals surface area contributed by atoms with E-state index in [1.165, 1.54) is 0 Å². The van der Waals surface area contributed by atoms with Crippen LogP contribution >= 0.6 is 0 Å². The molecule has 0 saturated heterocycles. The van der Waals surface area contributed by atoms with Crippen LogP contribution in [0.3, 0.4) is 0 Å². The van der Waals surface area contributed by atoms with Crippen molar-refractivity contribution < 1.29 is 9.53 Å². The van der Waals surface area contributed by atoms with E-state index in [0.717, 1.165) is 12.2 Å². The molecule has 2 aromatic carbocycles. The highest BCUT2D eigenvalue weighted by Gasteiger charge is 2.07. The lowest BCUT2D eigenvalue weighted by Crippen LogP contribution is -2.12. The Kier molecular flexibility index (Phi) is 4.82. The maximum Gasteiger partial charge on any atom is 0.255 e. The molecular formula is C17H20N2O2. The molecule has 0 aliphatic carbocycles. The molecule has 4 heteroatoms. The van der Waals surface area contributed by atoms with Gasteiger partial charge >= 0.3 is 0 Å². The molecule has 2 rings (SSSR count). The number of nitrogen functional groups attached to an aromatic ring is 1. The van der Waals surface area contributed by atoms with E-state index in [0.29, 0.717) is 16.9 Å². The molecule has 3 N–H and O–H groups in total. The molecule has 0 fully saturated rings. The van der Waals surface area contributed by atoms with Crippen LogP contribution in [0.25, 0.3) is 0 Å². The van der Waals surface area contributed by atoms with Gasteiger partial charge in [0.15, 0.2) is 0 Å². The zero-order chi connectivity index (χ0) is 15.2. The van der Waals surface area contributed by atoms with Gasteiger partial charge in [-0.2, -0.15) is 0 Å². The first-order chi connectivity index (χ1) is 10.1. The monoisotopic (exact) mass is 284 g/mol. The average Bonchev–Trinajstić information content (AvgIpc) is 2.47. The van der Waals surface area contributed by atoms with E-state index in [1.807, 2.05) is 6.92 Å². The van der Waals surface area contributed by atoms with Crippen molar-refractivity contribution in [1.82, 2.24) is 0 Å². The molecule has 0 spiro atoms. The molecule has 0 aliphatic rings. The standard InChI is InChI=1S/C17H20N2O2/c1-3-12(2)21-16-9-7-13(8-10-16)17(20)19-15-6-4-5-14(18)11-15/h4-12H,3,18H2,1-2H3,(H,19,20)/t12-/m1/s1. The molecule has 21 heavy (non-hydrogen) atoms. The Labute approximate surface area is 124 Å². The van der Waals surface area contributed by atoms with Crippen molar-refractivity contribution in [3.05, 3.63) is 54.1 Å². The third-order valence-corrected chi connectivity index (χ3v) is 3.17. The first kappa shape index (κ1) is 14.9. The maximum absolute atomic E-state index is 12.1. The second-order valence-electron chi connectivity index (χ2n) is 4.94. The molecule has 0 bridgehead atoms. The Morgan fingerprint density at radius 3 is 2.57 bits per heavy atom. The van der Waals surface area contributed by atoms with Crippen molar-refractivity contribution in [2.24, 2.45) is 0 Å². The van der Waals surface area contributed by atoms with Gasteiger partial charge in [-0.3, -0.25) is 4.79 Å². The number of amides is 1. The van der Waals surface area contributed by atoms with Gasteiger partial charge in [0.1, 0.15) is 5.75 Å². The maximum atomic E-state index is 12.1. The van der Waals surface area contributed by atoms with E-state index < -0.39 is 0 Å². The minimum absolute atomic E-state index is 0.164. The third kappa shape index (κ3) is 4.24. The average molecular weight is 284 g/mol. The molecule has 0 radical (unpaired) electrons. The molecule has 110 valence electrons. The number of nitrogens with one attached hydrogen (secondary N) is 1. The Balaban J connectivity index is 2.03. The highest BCUT2D eigenvalue weighted by molar-refractivity contribution is 6.04. The Morgan fingerprint density at radius 1 is 1.24 bits per heavy atom. The minimum atomic E-state index is -0.171. The van der Waals surface area contributed by atoms with E-state index in [2.05, 4.69) is 12.2 Å². The molecule has 0 aromatic heterocycles. The van der Waals surface area contributed by atoms with E-state index >= 15 is 0 Å². The van der Waals surface area contributed by atoms with Crippen LogP contribution in [0.15, 0.2) is 48.5 Å². The fourth-order valence-electron chi connectivity index (χ4n) is 1.82. The largest absolute Gasteiger partial charge is 0.491 e. The summed E-state index contributed by atoms with van der Waals surface area (Å²) in [7, 11) is 0. The number of benzene rings is 2. The van der Waals surface area contributed by atoms with Crippen LogP contribution < -0.4 is 15.8 Å². The lowest BCUT2D eigenvalue weighted by atomic mass is 10.2. The number of carbonyl (C=O) groups is 1. The van der Waals surface area contributed by atoms with Crippen molar-refractivity contribution in [3.63, 3.8) is 0 Å². The predicted octanol–water partition coefficient (Wildman–Crippen LogP) is 3.70. The summed E-state index contributed by atoms with van der Waals surface area (Å²) in [5, 5.41) is 2.81. The van der Waals surface area contributed by atoms with Crippen molar-refractivity contribution in [2.45, 2.75) is 26.4 Å². The first-order valence-electron chi connectivity index (χ1n) is 7.02. The van der Waals surface area contributed by atoms with Gasteiger partial charge in [-0.05, 0) is 55.8 Å². The summed E-state index contributed by atoms with van der Waals surface area (Å²) >= 11 is 0. The SMILES string of the molecule is CC[C@@H](C)Oc1ccc(C(=O)Nc2cccc(N)c2)cc1. The number of anilines is 2. The molecule has 1 amide bonds. The Bertz CT molecular complexity index is 608. The van der Waals surface area contributed by atoms with Gasteiger partial charge < -0.3 is 15.8 Å². The summed E-state index contributed by atoms with van der Waals surface area (Å²) in [6.45, 7) is 4.08. The van der Waals surface area contributed by atoms with Crippen LogP contribution in [0.1, 0.15) is 30.6 Å².